The highest BCUT2D eigenvalue weighted by atomic mass is 16.5. The third-order valence-electron chi connectivity index (χ3n) is 2.86. The minimum absolute atomic E-state index is 0.203. The van der Waals surface area contributed by atoms with Gasteiger partial charge in [-0.1, -0.05) is 18.2 Å². The lowest BCUT2D eigenvalue weighted by atomic mass is 9.82. The molecule has 0 bridgehead atoms. The van der Waals surface area contributed by atoms with Crippen LogP contribution in [0.3, 0.4) is 0 Å². The highest BCUT2D eigenvalue weighted by molar-refractivity contribution is 5.91. The van der Waals surface area contributed by atoms with Crippen molar-refractivity contribution in [3.05, 3.63) is 41.5 Å². The van der Waals surface area contributed by atoms with Gasteiger partial charge in [0.15, 0.2) is 0 Å². The summed E-state index contributed by atoms with van der Waals surface area (Å²) in [5.74, 6) is -0.168. The molecule has 20 heavy (non-hydrogen) atoms. The molecular formula is C16H22O4. The summed E-state index contributed by atoms with van der Waals surface area (Å²) in [5, 5.41) is 20.3. The zero-order valence-corrected chi connectivity index (χ0v) is 12.6. The Hall–Kier alpha value is -1.65. The molecule has 0 saturated heterocycles. The lowest BCUT2D eigenvalue weighted by molar-refractivity contribution is -0.130. The predicted molar refractivity (Wildman–Crippen MR) is 77.4 cm³/mol. The average Bonchev–Trinajstić information content (AvgIpc) is 2.26. The van der Waals surface area contributed by atoms with Crippen molar-refractivity contribution in [1.29, 1.82) is 0 Å². The van der Waals surface area contributed by atoms with Gasteiger partial charge in [0, 0.05) is 11.1 Å². The molecule has 0 saturated carbocycles. The maximum atomic E-state index is 12.1. The van der Waals surface area contributed by atoms with Gasteiger partial charge < -0.3 is 14.9 Å². The summed E-state index contributed by atoms with van der Waals surface area (Å²) in [4.78, 5) is 12.1. The second-order valence-corrected chi connectivity index (χ2v) is 5.82. The quantitative estimate of drug-likeness (QED) is 0.504. The molecule has 110 valence electrons. The summed E-state index contributed by atoms with van der Waals surface area (Å²) < 4.78 is 5.23. The Bertz CT molecular complexity index is 486. The number of esters is 1. The molecule has 0 aliphatic heterocycles. The number of ether oxygens (including phenoxy) is 1. The van der Waals surface area contributed by atoms with Crippen molar-refractivity contribution >= 4 is 5.97 Å². The van der Waals surface area contributed by atoms with Crippen molar-refractivity contribution in [3.63, 3.8) is 0 Å². The number of carbonyl (C=O) groups excluding carboxylic acids is 1. The minimum Gasteiger partial charge on any atom is -0.423 e. The van der Waals surface area contributed by atoms with Gasteiger partial charge in [-0.25, -0.2) is 4.79 Å². The van der Waals surface area contributed by atoms with Crippen LogP contribution in [0.4, 0.5) is 0 Å². The first kappa shape index (κ1) is 16.4. The molecule has 1 rings (SSSR count). The first-order valence-electron chi connectivity index (χ1n) is 6.47. The van der Waals surface area contributed by atoms with Crippen LogP contribution in [-0.4, -0.2) is 27.4 Å². The summed E-state index contributed by atoms with van der Waals surface area (Å²) in [7, 11) is 0. The van der Waals surface area contributed by atoms with E-state index >= 15 is 0 Å². The lowest BCUT2D eigenvalue weighted by Gasteiger charge is -2.33. The molecule has 0 atom stereocenters. The fourth-order valence-electron chi connectivity index (χ4n) is 2.44. The first-order chi connectivity index (χ1) is 9.03. The van der Waals surface area contributed by atoms with E-state index in [-0.39, 0.29) is 11.1 Å². The predicted octanol–water partition coefficient (Wildman–Crippen LogP) is 2.45. The van der Waals surface area contributed by atoms with E-state index in [1.807, 2.05) is 6.07 Å². The van der Waals surface area contributed by atoms with Crippen LogP contribution in [0.15, 0.2) is 41.5 Å². The van der Waals surface area contributed by atoms with Crippen LogP contribution in [0.1, 0.15) is 34.6 Å². The van der Waals surface area contributed by atoms with Crippen molar-refractivity contribution in [2.24, 2.45) is 0 Å². The van der Waals surface area contributed by atoms with Crippen LogP contribution >= 0.6 is 0 Å². The smallest absolute Gasteiger partial charge is 0.339 e. The molecule has 0 spiro atoms. The van der Waals surface area contributed by atoms with Crippen LogP contribution in [-0.2, 0) is 4.79 Å². The van der Waals surface area contributed by atoms with Gasteiger partial charge in [-0.05, 0) is 46.8 Å². The average molecular weight is 278 g/mol. The molecular weight excluding hydrogens is 256 g/mol. The molecule has 1 aromatic rings. The Kier molecular flexibility index (Phi) is 4.73. The summed E-state index contributed by atoms with van der Waals surface area (Å²) in [5.41, 5.74) is -2.20. The van der Waals surface area contributed by atoms with Crippen molar-refractivity contribution in [3.8, 4) is 5.75 Å². The SMILES string of the molecule is CC(C(=O)Oc1ccccc1)=C(C(C)(C)O)C(C)(C)O. The van der Waals surface area contributed by atoms with E-state index in [1.54, 1.807) is 24.3 Å². The molecule has 0 radical (unpaired) electrons. The zero-order chi connectivity index (χ0) is 15.6. The van der Waals surface area contributed by atoms with Gasteiger partial charge in [-0.2, -0.15) is 0 Å². The molecule has 4 nitrogen and oxygen atoms in total. The van der Waals surface area contributed by atoms with E-state index in [2.05, 4.69) is 0 Å². The number of rotatable bonds is 4. The first-order valence-corrected chi connectivity index (χ1v) is 6.47. The molecule has 0 heterocycles. The van der Waals surface area contributed by atoms with Gasteiger partial charge in [0.2, 0.25) is 0 Å². The molecule has 0 amide bonds. The maximum absolute atomic E-state index is 12.1. The number of hydrogen-bond acceptors (Lipinski definition) is 4. The molecule has 0 aliphatic carbocycles. The van der Waals surface area contributed by atoms with Crippen molar-refractivity contribution in [2.75, 3.05) is 0 Å². The molecule has 0 unspecified atom stereocenters. The van der Waals surface area contributed by atoms with Crippen LogP contribution in [0.2, 0.25) is 0 Å². The van der Waals surface area contributed by atoms with E-state index in [9.17, 15) is 15.0 Å². The number of para-hydroxylation sites is 1. The molecule has 4 heteroatoms. The van der Waals surface area contributed by atoms with E-state index in [0.717, 1.165) is 0 Å². The molecule has 0 aliphatic rings. The lowest BCUT2D eigenvalue weighted by Crippen LogP contribution is -2.39. The van der Waals surface area contributed by atoms with Gasteiger partial charge in [0.1, 0.15) is 5.75 Å². The van der Waals surface area contributed by atoms with E-state index in [4.69, 9.17) is 4.74 Å². The van der Waals surface area contributed by atoms with Gasteiger partial charge in [0.05, 0.1) is 11.2 Å². The Labute approximate surface area is 119 Å². The van der Waals surface area contributed by atoms with Gasteiger partial charge in [0.25, 0.3) is 0 Å². The topological polar surface area (TPSA) is 66.8 Å². The fraction of sp³-hybridized carbons (Fsp3) is 0.438. The summed E-state index contributed by atoms with van der Waals surface area (Å²) in [6, 6.07) is 8.67. The van der Waals surface area contributed by atoms with Crippen molar-refractivity contribution in [2.45, 2.75) is 45.8 Å². The van der Waals surface area contributed by atoms with Crippen LogP contribution < -0.4 is 4.74 Å². The largest absolute Gasteiger partial charge is 0.423 e. The number of carbonyl (C=O) groups is 1. The second-order valence-electron chi connectivity index (χ2n) is 5.82. The number of aliphatic hydroxyl groups is 2. The Morgan fingerprint density at radius 2 is 1.45 bits per heavy atom. The standard InChI is InChI=1S/C16H22O4/c1-11(13(15(2,3)18)16(4,5)19)14(17)20-12-9-7-6-8-10-12/h6-10,18-19H,1-5H3. The monoisotopic (exact) mass is 278 g/mol. The Morgan fingerprint density at radius 1 is 1.00 bits per heavy atom. The number of benzene rings is 1. The summed E-state index contributed by atoms with van der Waals surface area (Å²) in [6.07, 6.45) is 0. The third kappa shape index (κ3) is 4.18. The highest BCUT2D eigenvalue weighted by Gasteiger charge is 2.35. The normalized spacial score (nSPS) is 11.9. The maximum Gasteiger partial charge on any atom is 0.339 e. The zero-order valence-electron chi connectivity index (χ0n) is 12.6. The summed E-state index contributed by atoms with van der Waals surface area (Å²) >= 11 is 0. The summed E-state index contributed by atoms with van der Waals surface area (Å²) in [6.45, 7) is 7.65. The third-order valence-corrected chi connectivity index (χ3v) is 2.86. The van der Waals surface area contributed by atoms with Gasteiger partial charge in [-0.3, -0.25) is 0 Å². The Balaban J connectivity index is 3.14. The molecule has 0 aromatic heterocycles. The molecule has 1 aromatic carbocycles. The minimum atomic E-state index is -1.32. The van der Waals surface area contributed by atoms with Gasteiger partial charge in [-0.15, -0.1) is 0 Å². The van der Waals surface area contributed by atoms with Crippen LogP contribution in [0.5, 0.6) is 5.75 Å². The Morgan fingerprint density at radius 3 is 1.85 bits per heavy atom. The second kappa shape index (κ2) is 5.77. The van der Waals surface area contributed by atoms with Crippen molar-refractivity contribution < 1.29 is 19.7 Å². The molecule has 0 fully saturated rings. The van der Waals surface area contributed by atoms with Crippen LogP contribution in [0.25, 0.3) is 0 Å². The fourth-order valence-corrected chi connectivity index (χ4v) is 2.44. The van der Waals surface area contributed by atoms with Gasteiger partial charge >= 0.3 is 5.97 Å². The van der Waals surface area contributed by atoms with Crippen molar-refractivity contribution in [1.82, 2.24) is 0 Å². The number of hydrogen-bond donors (Lipinski definition) is 2. The van der Waals surface area contributed by atoms with E-state index in [1.165, 1.54) is 34.6 Å². The molecule has 2 N–H and O–H groups in total. The van der Waals surface area contributed by atoms with Crippen LogP contribution in [0, 0.1) is 0 Å². The van der Waals surface area contributed by atoms with E-state index in [0.29, 0.717) is 5.75 Å². The highest BCUT2D eigenvalue weighted by Crippen LogP contribution is 2.30. The van der Waals surface area contributed by atoms with E-state index < -0.39 is 17.2 Å².